The summed E-state index contributed by atoms with van der Waals surface area (Å²) in [4.78, 5) is 30.3. The zero-order valence-corrected chi connectivity index (χ0v) is 27.0. The van der Waals surface area contributed by atoms with E-state index in [0.717, 1.165) is 0 Å². The topological polar surface area (TPSA) is 111 Å². The second-order valence-corrected chi connectivity index (χ2v) is 15.7. The van der Waals surface area contributed by atoms with Crippen LogP contribution in [-0.4, -0.2) is 87.0 Å². The number of anilines is 1. The van der Waals surface area contributed by atoms with Crippen LogP contribution in [0.3, 0.4) is 0 Å². The summed E-state index contributed by atoms with van der Waals surface area (Å²) in [5.74, 6) is -2.26. The fourth-order valence-corrected chi connectivity index (χ4v) is 8.06. The average Bonchev–Trinajstić information content (AvgIpc) is 3.39. The Balaban J connectivity index is 1.48. The van der Waals surface area contributed by atoms with Gasteiger partial charge >= 0.3 is 0 Å². The quantitative estimate of drug-likeness (QED) is 0.421. The third kappa shape index (κ3) is 6.17. The number of piperazine rings is 1. The summed E-state index contributed by atoms with van der Waals surface area (Å²) in [6, 6.07) is 8.39. The number of nitrogens with zero attached hydrogens (tertiary/aromatic N) is 2. The summed E-state index contributed by atoms with van der Waals surface area (Å²) in [7, 11) is -3.24. The summed E-state index contributed by atoms with van der Waals surface area (Å²) in [6.45, 7) is 8.89. The number of hydrogen-bond acceptors (Lipinski definition) is 6. The number of hydrogen-bond donors (Lipinski definition) is 3. The van der Waals surface area contributed by atoms with Gasteiger partial charge in [-0.05, 0) is 41.2 Å². The van der Waals surface area contributed by atoms with Crippen molar-refractivity contribution in [2.24, 2.45) is 5.41 Å². The molecule has 2 fully saturated rings. The zero-order chi connectivity index (χ0) is 31.3. The van der Waals surface area contributed by atoms with E-state index >= 15 is 4.39 Å². The normalized spacial score (nSPS) is 26.5. The number of amides is 2. The Labute approximate surface area is 262 Å². The first-order valence-electron chi connectivity index (χ1n) is 14.4. The van der Waals surface area contributed by atoms with Gasteiger partial charge in [0.25, 0.3) is 0 Å². The molecule has 2 aromatic carbocycles. The predicted octanol–water partition coefficient (Wildman–Crippen LogP) is 3.58. The molecule has 43 heavy (non-hydrogen) atoms. The highest BCUT2D eigenvalue weighted by molar-refractivity contribution is 7.88. The van der Waals surface area contributed by atoms with E-state index < -0.39 is 39.3 Å². The molecule has 9 nitrogen and oxygen atoms in total. The first-order chi connectivity index (χ1) is 20.1. The van der Waals surface area contributed by atoms with Crippen LogP contribution in [0.1, 0.15) is 44.2 Å². The van der Waals surface area contributed by atoms with E-state index in [1.807, 2.05) is 0 Å². The molecule has 3 aliphatic heterocycles. The van der Waals surface area contributed by atoms with Gasteiger partial charge in [-0.3, -0.25) is 14.5 Å². The lowest BCUT2D eigenvalue weighted by atomic mass is 9.62. The molecule has 234 valence electrons. The maximum atomic E-state index is 15.9. The van der Waals surface area contributed by atoms with Crippen molar-refractivity contribution in [2.75, 3.05) is 50.8 Å². The third-order valence-corrected chi connectivity index (χ3v) is 10.6. The summed E-state index contributed by atoms with van der Waals surface area (Å²) < 4.78 is 41.0. The molecule has 4 atom stereocenters. The highest BCUT2D eigenvalue weighted by atomic mass is 35.5. The minimum absolute atomic E-state index is 0.0888. The smallest absolute Gasteiger partial charge is 0.237 e. The Morgan fingerprint density at radius 1 is 1.14 bits per heavy atom. The molecule has 3 heterocycles. The maximum Gasteiger partial charge on any atom is 0.237 e. The lowest BCUT2D eigenvalue weighted by molar-refractivity contribution is -0.124. The number of carbonyl (C=O) groups excluding carboxylic acids is 2. The Hall–Kier alpha value is -2.28. The molecule has 0 aromatic heterocycles. The van der Waals surface area contributed by atoms with Gasteiger partial charge in [0.1, 0.15) is 11.2 Å². The van der Waals surface area contributed by atoms with E-state index in [1.165, 1.54) is 16.6 Å². The lowest BCUT2D eigenvalue weighted by Crippen LogP contribution is -2.51. The number of halogens is 3. The summed E-state index contributed by atoms with van der Waals surface area (Å²) in [5, 5.41) is 9.81. The molecule has 2 saturated heterocycles. The molecule has 0 radical (unpaired) electrons. The van der Waals surface area contributed by atoms with Gasteiger partial charge in [-0.25, -0.2) is 12.8 Å². The van der Waals surface area contributed by atoms with Crippen LogP contribution in [0.4, 0.5) is 10.1 Å². The summed E-state index contributed by atoms with van der Waals surface area (Å²) in [5.41, 5.74) is -0.168. The Kier molecular flexibility index (Phi) is 8.90. The minimum Gasteiger partial charge on any atom is -0.353 e. The second kappa shape index (κ2) is 11.9. The first kappa shape index (κ1) is 32.1. The fraction of sp³-hybridized carbons (Fsp3) is 0.533. The van der Waals surface area contributed by atoms with E-state index in [0.29, 0.717) is 62.0 Å². The van der Waals surface area contributed by atoms with Gasteiger partial charge in [0, 0.05) is 61.9 Å². The van der Waals surface area contributed by atoms with Crippen molar-refractivity contribution in [1.82, 2.24) is 19.8 Å². The van der Waals surface area contributed by atoms with Gasteiger partial charge in [0.15, 0.2) is 0 Å². The van der Waals surface area contributed by atoms with Crippen molar-refractivity contribution >= 4 is 50.7 Å². The Bertz CT molecular complexity index is 1530. The second-order valence-electron chi connectivity index (χ2n) is 12.9. The fourth-order valence-electron chi connectivity index (χ4n) is 6.88. The molecule has 0 saturated carbocycles. The molecule has 4 unspecified atom stereocenters. The number of benzene rings is 2. The molecule has 5 rings (SSSR count). The van der Waals surface area contributed by atoms with Crippen molar-refractivity contribution in [3.8, 4) is 0 Å². The van der Waals surface area contributed by atoms with Crippen LogP contribution in [0, 0.1) is 11.2 Å². The predicted molar refractivity (Wildman–Crippen MR) is 167 cm³/mol. The van der Waals surface area contributed by atoms with Gasteiger partial charge in [-0.15, -0.1) is 0 Å². The number of nitrogens with one attached hydrogen (secondary N) is 3. The molecular formula is C30H38Cl2FN5O4S. The Morgan fingerprint density at radius 3 is 2.49 bits per heavy atom. The van der Waals surface area contributed by atoms with E-state index in [1.54, 1.807) is 30.3 Å². The average molecular weight is 655 g/mol. The molecule has 13 heteroatoms. The van der Waals surface area contributed by atoms with Gasteiger partial charge in [-0.2, -0.15) is 4.31 Å². The van der Waals surface area contributed by atoms with Crippen LogP contribution in [0.5, 0.6) is 0 Å². The van der Waals surface area contributed by atoms with Crippen LogP contribution in [0.25, 0.3) is 0 Å². The monoisotopic (exact) mass is 653 g/mol. The van der Waals surface area contributed by atoms with Crippen LogP contribution < -0.4 is 16.0 Å². The summed E-state index contributed by atoms with van der Waals surface area (Å²) >= 11 is 12.6. The number of rotatable bonds is 7. The Morgan fingerprint density at radius 2 is 1.84 bits per heavy atom. The first-order valence-corrected chi connectivity index (χ1v) is 17.0. The largest absolute Gasteiger partial charge is 0.353 e. The van der Waals surface area contributed by atoms with Crippen molar-refractivity contribution < 1.29 is 22.4 Å². The molecule has 2 aromatic rings. The van der Waals surface area contributed by atoms with Gasteiger partial charge in [-0.1, -0.05) is 62.2 Å². The van der Waals surface area contributed by atoms with E-state index in [4.69, 9.17) is 23.2 Å². The maximum absolute atomic E-state index is 15.9. The van der Waals surface area contributed by atoms with Crippen molar-refractivity contribution in [1.29, 1.82) is 0 Å². The highest BCUT2D eigenvalue weighted by Gasteiger charge is 2.66. The van der Waals surface area contributed by atoms with E-state index in [2.05, 4.69) is 41.6 Å². The summed E-state index contributed by atoms with van der Waals surface area (Å²) in [6.07, 6.45) is 1.73. The molecule has 3 N–H and O–H groups in total. The van der Waals surface area contributed by atoms with E-state index in [9.17, 15) is 18.0 Å². The van der Waals surface area contributed by atoms with E-state index in [-0.39, 0.29) is 27.8 Å². The number of fused-ring (bicyclic) bond motifs is 2. The van der Waals surface area contributed by atoms with Crippen LogP contribution >= 0.6 is 23.2 Å². The minimum atomic E-state index is -3.24. The molecule has 0 bridgehead atoms. The standard InChI is InChI=1S/C30H38Cl2FN5O4S/c1-29(2,3)17-23-30(20-9-8-18(31)16-22(20)35-28(30)40)24(19-6-5-7-21(32)25(19)33)26(36-23)27(39)34-10-11-37-12-14-38(15-13-37)43(4,41)42/h5-9,16,23-24,26,36H,10-15,17H2,1-4H3,(H,34,39)(H,35,40). The molecule has 1 spiro atoms. The molecule has 0 aliphatic carbocycles. The van der Waals surface area contributed by atoms with Crippen molar-refractivity contribution in [3.05, 3.63) is 63.4 Å². The number of carbonyl (C=O) groups is 2. The molecular weight excluding hydrogens is 616 g/mol. The SMILES string of the molecule is CC(C)(C)CC1NC(C(=O)NCCN2CCN(S(C)(=O)=O)CC2)C(c2cccc(Cl)c2F)C12C(=O)Nc1cc(Cl)ccc12. The molecule has 2 amide bonds. The van der Waals surface area contributed by atoms with Crippen LogP contribution in [0.2, 0.25) is 10.0 Å². The van der Waals surface area contributed by atoms with Crippen molar-refractivity contribution in [2.45, 2.75) is 50.6 Å². The number of sulfonamides is 1. The van der Waals surface area contributed by atoms with Gasteiger partial charge < -0.3 is 16.0 Å². The van der Waals surface area contributed by atoms with Crippen molar-refractivity contribution in [3.63, 3.8) is 0 Å². The van der Waals surface area contributed by atoms with Crippen LogP contribution in [-0.2, 0) is 25.0 Å². The van der Waals surface area contributed by atoms with Gasteiger partial charge in [0.2, 0.25) is 21.8 Å². The van der Waals surface area contributed by atoms with Crippen LogP contribution in [0.15, 0.2) is 36.4 Å². The van der Waals surface area contributed by atoms with Gasteiger partial charge in [0.05, 0.1) is 17.3 Å². The molecule has 3 aliphatic rings. The third-order valence-electron chi connectivity index (χ3n) is 8.75. The highest BCUT2D eigenvalue weighted by Crippen LogP contribution is 2.57. The lowest BCUT2D eigenvalue weighted by Gasteiger charge is -2.37. The zero-order valence-electron chi connectivity index (χ0n) is 24.7.